The van der Waals surface area contributed by atoms with E-state index in [-0.39, 0.29) is 0 Å². The summed E-state index contributed by atoms with van der Waals surface area (Å²) in [6.45, 7) is 8.29. The van der Waals surface area contributed by atoms with Crippen molar-refractivity contribution in [2.24, 2.45) is 0 Å². The fourth-order valence-electron chi connectivity index (χ4n) is 2.02. The molecule has 0 aromatic carbocycles. The maximum atomic E-state index is 5.44. The largest absolute Gasteiger partial charge is 0.380 e. The Morgan fingerprint density at radius 2 is 2.27 bits per heavy atom. The van der Waals surface area contributed by atoms with E-state index in [1.54, 1.807) is 0 Å². The number of likely N-dealkylation sites (N-methyl/N-ethyl adjacent to an activating group) is 1. The van der Waals surface area contributed by atoms with Gasteiger partial charge in [-0.05, 0) is 40.3 Å². The third-order valence-electron chi connectivity index (χ3n) is 3.24. The SMILES string of the molecule is CCOCC(C)N(C)CC1CCCCN1. The third kappa shape index (κ3) is 4.96. The molecule has 1 fully saturated rings. The number of piperidine rings is 1. The first-order valence-electron chi connectivity index (χ1n) is 6.25. The lowest BCUT2D eigenvalue weighted by molar-refractivity contribution is 0.0794. The summed E-state index contributed by atoms with van der Waals surface area (Å²) in [4.78, 5) is 2.40. The number of hydrogen-bond acceptors (Lipinski definition) is 3. The van der Waals surface area contributed by atoms with Gasteiger partial charge >= 0.3 is 0 Å². The summed E-state index contributed by atoms with van der Waals surface area (Å²) in [5.41, 5.74) is 0. The van der Waals surface area contributed by atoms with Crippen molar-refractivity contribution in [1.82, 2.24) is 10.2 Å². The molecule has 0 amide bonds. The first kappa shape index (κ1) is 12.9. The van der Waals surface area contributed by atoms with Crippen LogP contribution < -0.4 is 5.32 Å². The van der Waals surface area contributed by atoms with Gasteiger partial charge in [0.15, 0.2) is 0 Å². The average Bonchev–Trinajstić information content (AvgIpc) is 2.27. The molecule has 0 aromatic heterocycles. The predicted molar refractivity (Wildman–Crippen MR) is 64.2 cm³/mol. The molecule has 0 aromatic rings. The van der Waals surface area contributed by atoms with Gasteiger partial charge in [0, 0.05) is 25.2 Å². The molecule has 0 saturated carbocycles. The maximum absolute atomic E-state index is 5.44. The summed E-state index contributed by atoms with van der Waals surface area (Å²) in [7, 11) is 2.19. The van der Waals surface area contributed by atoms with Crippen molar-refractivity contribution in [3.63, 3.8) is 0 Å². The van der Waals surface area contributed by atoms with E-state index >= 15 is 0 Å². The second-order valence-electron chi connectivity index (χ2n) is 4.59. The van der Waals surface area contributed by atoms with Crippen LogP contribution in [0, 0.1) is 0 Å². The van der Waals surface area contributed by atoms with Crippen molar-refractivity contribution in [2.45, 2.75) is 45.2 Å². The molecule has 3 heteroatoms. The minimum Gasteiger partial charge on any atom is -0.380 e. The standard InChI is InChI=1S/C12H26N2O/c1-4-15-10-11(2)14(3)9-12-7-5-6-8-13-12/h11-13H,4-10H2,1-3H3. The zero-order valence-corrected chi connectivity index (χ0v) is 10.5. The zero-order chi connectivity index (χ0) is 11.1. The Hall–Kier alpha value is -0.120. The van der Waals surface area contributed by atoms with Gasteiger partial charge in [0.2, 0.25) is 0 Å². The molecule has 0 radical (unpaired) electrons. The Morgan fingerprint density at radius 3 is 2.87 bits per heavy atom. The van der Waals surface area contributed by atoms with Gasteiger partial charge in [-0.2, -0.15) is 0 Å². The lowest BCUT2D eigenvalue weighted by Gasteiger charge is -2.31. The molecule has 1 N–H and O–H groups in total. The number of nitrogens with one attached hydrogen (secondary N) is 1. The van der Waals surface area contributed by atoms with Crippen molar-refractivity contribution in [3.05, 3.63) is 0 Å². The van der Waals surface area contributed by atoms with E-state index in [2.05, 4.69) is 31.1 Å². The van der Waals surface area contributed by atoms with Gasteiger partial charge < -0.3 is 10.1 Å². The monoisotopic (exact) mass is 214 g/mol. The van der Waals surface area contributed by atoms with E-state index in [1.807, 2.05) is 0 Å². The number of ether oxygens (including phenoxy) is 1. The summed E-state index contributed by atoms with van der Waals surface area (Å²) >= 11 is 0. The van der Waals surface area contributed by atoms with Crippen LogP contribution in [0.3, 0.4) is 0 Å². The van der Waals surface area contributed by atoms with E-state index in [0.717, 1.165) is 19.8 Å². The highest BCUT2D eigenvalue weighted by molar-refractivity contribution is 4.76. The Kier molecular flexibility index (Phi) is 6.22. The molecule has 0 bridgehead atoms. The Bertz CT molecular complexity index is 158. The van der Waals surface area contributed by atoms with Gasteiger partial charge in [-0.1, -0.05) is 6.42 Å². The van der Waals surface area contributed by atoms with Crippen molar-refractivity contribution < 1.29 is 4.74 Å². The average molecular weight is 214 g/mol. The molecule has 1 aliphatic rings. The number of hydrogen-bond donors (Lipinski definition) is 1. The van der Waals surface area contributed by atoms with Crippen LogP contribution in [0.25, 0.3) is 0 Å². The fourth-order valence-corrected chi connectivity index (χ4v) is 2.02. The van der Waals surface area contributed by atoms with E-state index < -0.39 is 0 Å². The van der Waals surface area contributed by atoms with Crippen molar-refractivity contribution in [1.29, 1.82) is 0 Å². The summed E-state index contributed by atoms with van der Waals surface area (Å²) in [5, 5.41) is 3.58. The molecule has 1 heterocycles. The smallest absolute Gasteiger partial charge is 0.0618 e. The molecule has 1 saturated heterocycles. The molecule has 1 rings (SSSR count). The maximum Gasteiger partial charge on any atom is 0.0618 e. The topological polar surface area (TPSA) is 24.5 Å². The van der Waals surface area contributed by atoms with Gasteiger partial charge in [0.1, 0.15) is 0 Å². The summed E-state index contributed by atoms with van der Waals surface area (Å²) in [6, 6.07) is 1.21. The van der Waals surface area contributed by atoms with Crippen LogP contribution >= 0.6 is 0 Å². The Morgan fingerprint density at radius 1 is 1.47 bits per heavy atom. The predicted octanol–water partition coefficient (Wildman–Crippen LogP) is 1.49. The van der Waals surface area contributed by atoms with Crippen LogP contribution in [0.15, 0.2) is 0 Å². The van der Waals surface area contributed by atoms with Crippen molar-refractivity contribution in [2.75, 3.05) is 33.4 Å². The minimum atomic E-state index is 0.522. The second kappa shape index (κ2) is 7.20. The quantitative estimate of drug-likeness (QED) is 0.725. The first-order chi connectivity index (χ1) is 7.24. The molecule has 2 unspecified atom stereocenters. The Balaban J connectivity index is 2.17. The first-order valence-corrected chi connectivity index (χ1v) is 6.25. The van der Waals surface area contributed by atoms with E-state index in [9.17, 15) is 0 Å². The molecule has 3 nitrogen and oxygen atoms in total. The van der Waals surface area contributed by atoms with Gasteiger partial charge in [-0.15, -0.1) is 0 Å². The molecule has 15 heavy (non-hydrogen) atoms. The van der Waals surface area contributed by atoms with Crippen LogP contribution in [0.1, 0.15) is 33.1 Å². The zero-order valence-electron chi connectivity index (χ0n) is 10.5. The normalized spacial score (nSPS) is 24.4. The summed E-state index contributed by atoms with van der Waals surface area (Å²) < 4.78 is 5.44. The van der Waals surface area contributed by atoms with Gasteiger partial charge in [-0.25, -0.2) is 0 Å². The van der Waals surface area contributed by atoms with Crippen molar-refractivity contribution >= 4 is 0 Å². The molecular formula is C12H26N2O. The van der Waals surface area contributed by atoms with E-state index in [4.69, 9.17) is 4.74 Å². The van der Waals surface area contributed by atoms with Crippen LogP contribution in [0.5, 0.6) is 0 Å². The molecule has 0 aliphatic carbocycles. The van der Waals surface area contributed by atoms with E-state index in [0.29, 0.717) is 12.1 Å². The molecule has 0 spiro atoms. The van der Waals surface area contributed by atoms with E-state index in [1.165, 1.54) is 25.8 Å². The highest BCUT2D eigenvalue weighted by Crippen LogP contribution is 2.09. The molecular weight excluding hydrogens is 188 g/mol. The van der Waals surface area contributed by atoms with Gasteiger partial charge in [-0.3, -0.25) is 4.90 Å². The second-order valence-corrected chi connectivity index (χ2v) is 4.59. The lowest BCUT2D eigenvalue weighted by atomic mass is 10.0. The number of nitrogens with zero attached hydrogens (tertiary/aromatic N) is 1. The van der Waals surface area contributed by atoms with Gasteiger partial charge in [0.05, 0.1) is 6.61 Å². The van der Waals surface area contributed by atoms with Crippen LogP contribution in [0.2, 0.25) is 0 Å². The van der Waals surface area contributed by atoms with Gasteiger partial charge in [0.25, 0.3) is 0 Å². The number of rotatable bonds is 6. The summed E-state index contributed by atoms with van der Waals surface area (Å²) in [5.74, 6) is 0. The molecule has 1 aliphatic heterocycles. The summed E-state index contributed by atoms with van der Waals surface area (Å²) in [6.07, 6.45) is 4.05. The fraction of sp³-hybridized carbons (Fsp3) is 1.00. The lowest BCUT2D eigenvalue weighted by Crippen LogP contribution is -2.46. The minimum absolute atomic E-state index is 0.522. The highest BCUT2D eigenvalue weighted by Gasteiger charge is 2.17. The van der Waals surface area contributed by atoms with Crippen LogP contribution in [0.4, 0.5) is 0 Å². The van der Waals surface area contributed by atoms with Crippen LogP contribution in [-0.4, -0.2) is 50.3 Å². The van der Waals surface area contributed by atoms with Crippen LogP contribution in [-0.2, 0) is 4.74 Å². The van der Waals surface area contributed by atoms with Crippen molar-refractivity contribution in [3.8, 4) is 0 Å². The third-order valence-corrected chi connectivity index (χ3v) is 3.24. The highest BCUT2D eigenvalue weighted by atomic mass is 16.5. The molecule has 2 atom stereocenters. The Labute approximate surface area is 94.2 Å². The molecule has 90 valence electrons.